The van der Waals surface area contributed by atoms with Crippen LogP contribution in [0.25, 0.3) is 77.1 Å². The Morgan fingerprint density at radius 2 is 0.878 bits per heavy atom. The van der Waals surface area contributed by atoms with E-state index in [1.54, 1.807) is 0 Å². The van der Waals surface area contributed by atoms with Gasteiger partial charge in [0.1, 0.15) is 0 Å². The molecule has 0 N–H and O–H groups in total. The maximum atomic E-state index is 4.74. The molecule has 0 radical (unpaired) electrons. The average Bonchev–Trinajstić information content (AvgIpc) is 3.47. The SMILES string of the molecule is c1ccc2c(c1)-c1ccccc1C21c2ccccc2-c2ccc(-c3ccc(-c4cc5cccnc5c5ncccc45)cc3)c3cccc1c23. The number of fused-ring (bicyclic) bond motifs is 12. The summed E-state index contributed by atoms with van der Waals surface area (Å²) in [4.78, 5) is 9.39. The smallest absolute Gasteiger partial charge is 0.0970 e. The molecule has 7 aromatic carbocycles. The molecule has 0 saturated heterocycles. The topological polar surface area (TPSA) is 25.8 Å². The van der Waals surface area contributed by atoms with E-state index in [4.69, 9.17) is 4.98 Å². The molecule has 0 unspecified atom stereocenters. The largest absolute Gasteiger partial charge is 0.254 e. The van der Waals surface area contributed by atoms with Gasteiger partial charge < -0.3 is 0 Å². The Balaban J connectivity index is 1.15. The molecule has 0 aliphatic heterocycles. The van der Waals surface area contributed by atoms with Gasteiger partial charge in [0, 0.05) is 23.2 Å². The summed E-state index contributed by atoms with van der Waals surface area (Å²) in [6.07, 6.45) is 3.70. The zero-order valence-electron chi connectivity index (χ0n) is 26.6. The zero-order chi connectivity index (χ0) is 32.1. The van der Waals surface area contributed by atoms with Crippen LogP contribution in [0.2, 0.25) is 0 Å². The third-order valence-electron chi connectivity index (χ3n) is 11.0. The lowest BCUT2D eigenvalue weighted by atomic mass is 9.61. The van der Waals surface area contributed by atoms with Gasteiger partial charge >= 0.3 is 0 Å². The molecule has 1 spiro atoms. The third kappa shape index (κ3) is 3.45. The van der Waals surface area contributed by atoms with Crippen LogP contribution in [0.1, 0.15) is 22.3 Å². The number of hydrogen-bond donors (Lipinski definition) is 0. The first kappa shape index (κ1) is 26.7. The van der Waals surface area contributed by atoms with Crippen LogP contribution in [0, 0.1) is 0 Å². The van der Waals surface area contributed by atoms with Crippen LogP contribution in [0.4, 0.5) is 0 Å². The van der Waals surface area contributed by atoms with E-state index in [0.29, 0.717) is 0 Å². The van der Waals surface area contributed by atoms with Gasteiger partial charge in [-0.2, -0.15) is 0 Å². The summed E-state index contributed by atoms with van der Waals surface area (Å²) in [6, 6.07) is 58.3. The van der Waals surface area contributed by atoms with Gasteiger partial charge in [-0.15, -0.1) is 0 Å². The highest BCUT2D eigenvalue weighted by atomic mass is 14.7. The molecule has 0 bridgehead atoms. The molecule has 2 aromatic heterocycles. The Morgan fingerprint density at radius 1 is 0.347 bits per heavy atom. The lowest BCUT2D eigenvalue weighted by Gasteiger charge is -2.40. The summed E-state index contributed by atoms with van der Waals surface area (Å²) < 4.78 is 0. The van der Waals surface area contributed by atoms with Crippen LogP contribution >= 0.6 is 0 Å². The number of benzene rings is 7. The molecule has 49 heavy (non-hydrogen) atoms. The van der Waals surface area contributed by atoms with Gasteiger partial charge in [-0.05, 0) is 95.7 Å². The van der Waals surface area contributed by atoms with E-state index in [0.717, 1.165) is 21.8 Å². The minimum absolute atomic E-state index is 0.390. The molecule has 0 atom stereocenters. The number of hydrogen-bond acceptors (Lipinski definition) is 2. The molecule has 0 fully saturated rings. The molecular formula is C47H28N2. The fraction of sp³-hybridized carbons (Fsp3) is 0.0213. The van der Waals surface area contributed by atoms with Crippen molar-refractivity contribution in [2.75, 3.05) is 0 Å². The van der Waals surface area contributed by atoms with Crippen LogP contribution in [-0.2, 0) is 5.41 Å². The second kappa shape index (κ2) is 9.82. The highest BCUT2D eigenvalue weighted by Gasteiger charge is 2.49. The summed E-state index contributed by atoms with van der Waals surface area (Å²) in [6.45, 7) is 0. The molecular weight excluding hydrogens is 593 g/mol. The van der Waals surface area contributed by atoms with Gasteiger partial charge in [-0.25, -0.2) is 0 Å². The van der Waals surface area contributed by atoms with Gasteiger partial charge in [0.25, 0.3) is 0 Å². The highest BCUT2D eigenvalue weighted by molar-refractivity contribution is 6.12. The molecule has 2 nitrogen and oxygen atoms in total. The van der Waals surface area contributed by atoms with Crippen molar-refractivity contribution >= 4 is 32.6 Å². The summed E-state index contributed by atoms with van der Waals surface area (Å²) in [5.41, 5.74) is 17.0. The summed E-state index contributed by atoms with van der Waals surface area (Å²) in [5.74, 6) is 0. The van der Waals surface area contributed by atoms with Crippen molar-refractivity contribution in [1.82, 2.24) is 9.97 Å². The number of aromatic nitrogens is 2. The highest BCUT2D eigenvalue weighted by Crippen LogP contribution is 2.62. The molecule has 2 heterocycles. The average molecular weight is 621 g/mol. The number of rotatable bonds is 2. The van der Waals surface area contributed by atoms with Crippen LogP contribution < -0.4 is 0 Å². The summed E-state index contributed by atoms with van der Waals surface area (Å²) >= 11 is 0. The molecule has 9 aromatic rings. The van der Waals surface area contributed by atoms with Gasteiger partial charge in [-0.1, -0.05) is 140 Å². The first-order valence-corrected chi connectivity index (χ1v) is 16.9. The maximum Gasteiger partial charge on any atom is 0.0970 e. The lowest BCUT2D eigenvalue weighted by Crippen LogP contribution is -2.31. The van der Waals surface area contributed by atoms with Gasteiger partial charge in [0.05, 0.1) is 16.4 Å². The summed E-state index contributed by atoms with van der Waals surface area (Å²) in [7, 11) is 0. The van der Waals surface area contributed by atoms with Gasteiger partial charge in [0.2, 0.25) is 0 Å². The molecule has 2 aliphatic rings. The standard InChI is InChI=1S/C47H28N2/c1-4-16-40-33(11-1)34-12-2-5-17-41(34)47(40)42-18-6-3-13-35(42)37-25-24-32(36-14-7-19-43(47)44(36)37)29-20-22-30(23-21-29)39-28-31-10-8-26-48-45(31)46-38(39)15-9-27-49-46/h1-28H. The molecule has 11 rings (SSSR count). The first-order chi connectivity index (χ1) is 24.3. The van der Waals surface area contributed by atoms with Crippen molar-refractivity contribution < 1.29 is 0 Å². The fourth-order valence-corrected chi connectivity index (χ4v) is 9.05. The Labute approximate surface area is 284 Å². The van der Waals surface area contributed by atoms with E-state index in [-0.39, 0.29) is 0 Å². The number of nitrogens with zero attached hydrogens (tertiary/aromatic N) is 2. The summed E-state index contributed by atoms with van der Waals surface area (Å²) in [5, 5.41) is 4.84. The van der Waals surface area contributed by atoms with Crippen molar-refractivity contribution in [3.8, 4) is 44.5 Å². The predicted molar refractivity (Wildman–Crippen MR) is 202 cm³/mol. The van der Waals surface area contributed by atoms with Crippen LogP contribution in [-0.4, -0.2) is 9.97 Å². The minimum Gasteiger partial charge on any atom is -0.254 e. The van der Waals surface area contributed by atoms with Crippen molar-refractivity contribution in [2.24, 2.45) is 0 Å². The first-order valence-electron chi connectivity index (χ1n) is 16.9. The van der Waals surface area contributed by atoms with Crippen molar-refractivity contribution in [2.45, 2.75) is 5.41 Å². The quantitative estimate of drug-likeness (QED) is 0.180. The Bertz CT molecular complexity index is 2780. The Hall–Kier alpha value is -6.38. The molecule has 0 saturated carbocycles. The van der Waals surface area contributed by atoms with E-state index in [1.165, 1.54) is 77.5 Å². The number of pyridine rings is 2. The van der Waals surface area contributed by atoms with Crippen LogP contribution in [0.15, 0.2) is 170 Å². The van der Waals surface area contributed by atoms with E-state index < -0.39 is 5.41 Å². The molecule has 2 heteroatoms. The van der Waals surface area contributed by atoms with Gasteiger partial charge in [-0.3, -0.25) is 9.97 Å². The van der Waals surface area contributed by atoms with E-state index in [2.05, 4.69) is 151 Å². The molecule has 0 amide bonds. The molecule has 2 aliphatic carbocycles. The second-order valence-electron chi connectivity index (χ2n) is 13.3. The normalized spacial score (nSPS) is 13.5. The molecule has 226 valence electrons. The fourth-order valence-electron chi connectivity index (χ4n) is 9.05. The van der Waals surface area contributed by atoms with Crippen molar-refractivity contribution in [3.05, 3.63) is 192 Å². The van der Waals surface area contributed by atoms with E-state index >= 15 is 0 Å². The monoisotopic (exact) mass is 620 g/mol. The van der Waals surface area contributed by atoms with E-state index in [1.807, 2.05) is 24.5 Å². The Kier molecular flexibility index (Phi) is 5.34. The lowest BCUT2D eigenvalue weighted by molar-refractivity contribution is 0.773. The second-order valence-corrected chi connectivity index (χ2v) is 13.3. The van der Waals surface area contributed by atoms with Gasteiger partial charge in [0.15, 0.2) is 0 Å². The van der Waals surface area contributed by atoms with E-state index in [9.17, 15) is 0 Å². The van der Waals surface area contributed by atoms with Crippen molar-refractivity contribution in [1.29, 1.82) is 0 Å². The maximum absolute atomic E-state index is 4.74. The predicted octanol–water partition coefficient (Wildman–Crippen LogP) is 11.6. The minimum atomic E-state index is -0.390. The van der Waals surface area contributed by atoms with Crippen molar-refractivity contribution in [3.63, 3.8) is 0 Å². The zero-order valence-corrected chi connectivity index (χ0v) is 26.6. The van der Waals surface area contributed by atoms with Crippen LogP contribution in [0.5, 0.6) is 0 Å². The Morgan fingerprint density at radius 3 is 1.57 bits per heavy atom. The van der Waals surface area contributed by atoms with Crippen LogP contribution in [0.3, 0.4) is 0 Å². The third-order valence-corrected chi connectivity index (χ3v) is 11.0.